The van der Waals surface area contributed by atoms with Gasteiger partial charge in [-0.3, -0.25) is 14.8 Å². The van der Waals surface area contributed by atoms with Crippen molar-refractivity contribution in [1.82, 2.24) is 25.2 Å². The van der Waals surface area contributed by atoms with E-state index in [-0.39, 0.29) is 6.09 Å². The summed E-state index contributed by atoms with van der Waals surface area (Å²) >= 11 is 6.64. The average Bonchev–Trinajstić information content (AvgIpc) is 3.04. The van der Waals surface area contributed by atoms with Crippen LogP contribution in [0.3, 0.4) is 0 Å². The monoisotopic (exact) mass is 653 g/mol. The summed E-state index contributed by atoms with van der Waals surface area (Å²) in [6, 6.07) is 16.9. The normalized spacial score (nSPS) is 11.5. The summed E-state index contributed by atoms with van der Waals surface area (Å²) in [5, 5.41) is 10.3. The van der Waals surface area contributed by atoms with Gasteiger partial charge >= 0.3 is 6.09 Å². The first-order valence-corrected chi connectivity index (χ1v) is 16.1. The van der Waals surface area contributed by atoms with Crippen LogP contribution in [0.15, 0.2) is 79.4 Å². The van der Waals surface area contributed by atoms with Crippen LogP contribution >= 0.6 is 11.6 Å². The van der Waals surface area contributed by atoms with E-state index in [4.69, 9.17) is 27.1 Å². The fourth-order valence-electron chi connectivity index (χ4n) is 5.29. The second-order valence-electron chi connectivity index (χ2n) is 12.3. The molecule has 2 amide bonds. The molecule has 0 aliphatic rings. The maximum Gasteiger partial charge on any atom is 0.410 e. The molecule has 2 aromatic carbocycles. The Morgan fingerprint density at radius 1 is 0.894 bits per heavy atom. The van der Waals surface area contributed by atoms with Crippen LogP contribution in [0.25, 0.3) is 32.8 Å². The molecule has 3 aromatic heterocycles. The summed E-state index contributed by atoms with van der Waals surface area (Å²) in [6.07, 6.45) is 8.34. The molecule has 5 rings (SSSR count). The lowest BCUT2D eigenvalue weighted by Gasteiger charge is -2.27. The van der Waals surface area contributed by atoms with Gasteiger partial charge in [0.2, 0.25) is 5.91 Å². The summed E-state index contributed by atoms with van der Waals surface area (Å²) in [5.74, 6) is 0.230. The van der Waals surface area contributed by atoms with Gasteiger partial charge in [0.15, 0.2) is 0 Å². The summed E-state index contributed by atoms with van der Waals surface area (Å²) in [4.78, 5) is 39.7. The molecule has 10 nitrogen and oxygen atoms in total. The summed E-state index contributed by atoms with van der Waals surface area (Å²) < 4.78 is 5.71. The van der Waals surface area contributed by atoms with Crippen LogP contribution in [0.4, 0.5) is 10.6 Å². The number of halogens is 1. The van der Waals surface area contributed by atoms with Gasteiger partial charge in [0, 0.05) is 83.3 Å². The Hall–Kier alpha value is -4.80. The predicted octanol–water partition coefficient (Wildman–Crippen LogP) is 6.82. The highest BCUT2D eigenvalue weighted by atomic mass is 35.5. The van der Waals surface area contributed by atoms with Crippen molar-refractivity contribution in [2.75, 3.05) is 31.5 Å². The smallest absolute Gasteiger partial charge is 0.410 e. The average molecular weight is 654 g/mol. The molecule has 0 aliphatic heterocycles. The minimum Gasteiger partial charge on any atom is -0.444 e. The Bertz CT molecular complexity index is 1860. The predicted molar refractivity (Wildman–Crippen MR) is 187 cm³/mol. The first-order chi connectivity index (χ1) is 22.6. The standard InChI is InChI=1S/C36H40ClN7O3/c1-36(2,3)47-35(46)44(23-24-6-8-27(31(37)20-24)25-10-14-40-15-11-25)19-5-4-13-39-17-18-42-34-29-12-16-41-22-30(29)28-9-7-26(33(38)45)21-32(28)43-34/h6-12,14-16,20-22,39H,4-5,13,17-19,23H2,1-3H3,(H2,38,45)(H,42,43). The number of aromatic nitrogens is 3. The third-order valence-electron chi connectivity index (χ3n) is 7.56. The van der Waals surface area contributed by atoms with E-state index in [1.54, 1.807) is 41.8 Å². The topological polar surface area (TPSA) is 135 Å². The lowest BCUT2D eigenvalue weighted by atomic mass is 10.0. The SMILES string of the molecule is CC(C)(C)OC(=O)N(CCCCNCCNc1nc2cc(C(N)=O)ccc2c2cnccc12)Cc1ccc(-c2ccncc2)c(Cl)c1. The van der Waals surface area contributed by atoms with Crippen LogP contribution in [-0.4, -0.2) is 63.6 Å². The molecule has 11 heteroatoms. The zero-order valence-electron chi connectivity index (χ0n) is 26.9. The number of carbonyl (C=O) groups excluding carboxylic acids is 2. The highest BCUT2D eigenvalue weighted by molar-refractivity contribution is 6.33. The van der Waals surface area contributed by atoms with Crippen molar-refractivity contribution in [2.24, 2.45) is 5.73 Å². The van der Waals surface area contributed by atoms with Gasteiger partial charge in [0.05, 0.1) is 5.52 Å². The number of hydrogen-bond donors (Lipinski definition) is 3. The van der Waals surface area contributed by atoms with Gasteiger partial charge in [-0.15, -0.1) is 0 Å². The lowest BCUT2D eigenvalue weighted by Crippen LogP contribution is -2.37. The molecule has 0 bridgehead atoms. The molecule has 0 radical (unpaired) electrons. The molecule has 4 N–H and O–H groups in total. The molecule has 0 aliphatic carbocycles. The number of carbonyl (C=O) groups is 2. The maximum absolute atomic E-state index is 13.1. The third kappa shape index (κ3) is 8.93. The molecule has 244 valence electrons. The van der Waals surface area contributed by atoms with Crippen LogP contribution in [-0.2, 0) is 11.3 Å². The Labute approximate surface area is 279 Å². The molecule has 0 fully saturated rings. The minimum atomic E-state index is -0.599. The molecule has 0 saturated carbocycles. The van der Waals surface area contributed by atoms with E-state index in [0.29, 0.717) is 42.3 Å². The molecule has 0 unspecified atom stereocenters. The second-order valence-corrected chi connectivity index (χ2v) is 12.7. The Morgan fingerprint density at radius 2 is 1.68 bits per heavy atom. The number of unbranched alkanes of at least 4 members (excludes halogenated alkanes) is 1. The molecular weight excluding hydrogens is 614 g/mol. The number of benzene rings is 2. The van der Waals surface area contributed by atoms with Gasteiger partial charge in [-0.1, -0.05) is 29.8 Å². The number of amides is 2. The minimum absolute atomic E-state index is 0.350. The number of anilines is 1. The zero-order chi connectivity index (χ0) is 33.4. The highest BCUT2D eigenvalue weighted by Crippen LogP contribution is 2.30. The molecule has 47 heavy (non-hydrogen) atoms. The van der Waals surface area contributed by atoms with Crippen LogP contribution < -0.4 is 16.4 Å². The van der Waals surface area contributed by atoms with E-state index < -0.39 is 11.5 Å². The summed E-state index contributed by atoms with van der Waals surface area (Å²) in [6.45, 7) is 8.69. The van der Waals surface area contributed by atoms with Crippen molar-refractivity contribution in [2.45, 2.75) is 45.8 Å². The van der Waals surface area contributed by atoms with Crippen molar-refractivity contribution in [3.63, 3.8) is 0 Å². The van der Waals surface area contributed by atoms with Crippen LogP contribution in [0.5, 0.6) is 0 Å². The molecular formula is C36H40ClN7O3. The van der Waals surface area contributed by atoms with Gasteiger partial charge < -0.3 is 26.0 Å². The van der Waals surface area contributed by atoms with Crippen molar-refractivity contribution in [1.29, 1.82) is 0 Å². The molecule has 3 heterocycles. The van der Waals surface area contributed by atoms with E-state index in [0.717, 1.165) is 58.1 Å². The van der Waals surface area contributed by atoms with Crippen molar-refractivity contribution in [3.05, 3.63) is 95.5 Å². The first kappa shape index (κ1) is 33.6. The number of rotatable bonds is 13. The number of nitrogens with zero attached hydrogens (tertiary/aromatic N) is 4. The number of primary amides is 1. The van der Waals surface area contributed by atoms with Crippen molar-refractivity contribution < 1.29 is 14.3 Å². The summed E-state index contributed by atoms with van der Waals surface area (Å²) in [5.41, 5.74) is 8.81. The van der Waals surface area contributed by atoms with E-state index in [1.165, 1.54) is 0 Å². The second kappa shape index (κ2) is 15.2. The van der Waals surface area contributed by atoms with Crippen LogP contribution in [0, 0.1) is 0 Å². The van der Waals surface area contributed by atoms with Gasteiger partial charge in [0.1, 0.15) is 11.4 Å². The molecule has 0 spiro atoms. The Kier molecular flexibility index (Phi) is 10.8. The van der Waals surface area contributed by atoms with Crippen LogP contribution in [0.1, 0.15) is 49.5 Å². The third-order valence-corrected chi connectivity index (χ3v) is 7.87. The maximum atomic E-state index is 13.1. The summed E-state index contributed by atoms with van der Waals surface area (Å²) in [7, 11) is 0. The van der Waals surface area contributed by atoms with E-state index >= 15 is 0 Å². The number of hydrogen-bond acceptors (Lipinski definition) is 8. The number of nitrogens with two attached hydrogens (primary N) is 1. The fraction of sp³-hybridized carbons (Fsp3) is 0.306. The van der Waals surface area contributed by atoms with Crippen LogP contribution in [0.2, 0.25) is 5.02 Å². The Balaban J connectivity index is 1.13. The number of ether oxygens (including phenoxy) is 1. The number of fused-ring (bicyclic) bond motifs is 3. The number of pyridine rings is 3. The van der Waals surface area contributed by atoms with Crippen molar-refractivity contribution in [3.8, 4) is 11.1 Å². The fourth-order valence-corrected chi connectivity index (χ4v) is 5.60. The van der Waals surface area contributed by atoms with Gasteiger partial charge in [-0.25, -0.2) is 9.78 Å². The first-order valence-electron chi connectivity index (χ1n) is 15.7. The van der Waals surface area contributed by atoms with Gasteiger partial charge in [-0.05, 0) is 87.7 Å². The zero-order valence-corrected chi connectivity index (χ0v) is 27.7. The largest absolute Gasteiger partial charge is 0.444 e. The van der Waals surface area contributed by atoms with E-state index in [2.05, 4.69) is 20.6 Å². The molecule has 5 aromatic rings. The molecule has 0 saturated heterocycles. The quantitative estimate of drug-likeness (QED) is 0.0931. The lowest BCUT2D eigenvalue weighted by molar-refractivity contribution is 0.0230. The number of nitrogens with one attached hydrogen (secondary N) is 2. The van der Waals surface area contributed by atoms with Gasteiger partial charge in [0.25, 0.3) is 0 Å². The van der Waals surface area contributed by atoms with E-state index in [9.17, 15) is 9.59 Å². The van der Waals surface area contributed by atoms with Crippen molar-refractivity contribution >= 4 is 51.1 Å². The highest BCUT2D eigenvalue weighted by Gasteiger charge is 2.22. The Morgan fingerprint density at radius 3 is 2.43 bits per heavy atom. The molecule has 0 atom stereocenters. The van der Waals surface area contributed by atoms with Gasteiger partial charge in [-0.2, -0.15) is 0 Å². The van der Waals surface area contributed by atoms with E-state index in [1.807, 2.05) is 63.2 Å².